The van der Waals surface area contributed by atoms with Crippen LogP contribution in [0, 0.1) is 18.8 Å². The van der Waals surface area contributed by atoms with Crippen LogP contribution in [0.3, 0.4) is 0 Å². The molecule has 0 spiro atoms. The first-order valence-electron chi connectivity index (χ1n) is 6.08. The van der Waals surface area contributed by atoms with Crippen molar-refractivity contribution in [2.75, 3.05) is 6.61 Å². The molecule has 20 heavy (non-hydrogen) atoms. The second-order valence-electron chi connectivity index (χ2n) is 4.07. The van der Waals surface area contributed by atoms with Crippen molar-refractivity contribution < 1.29 is 9.90 Å². The molecule has 2 aromatic rings. The topological polar surface area (TPSA) is 62.2 Å². The van der Waals surface area contributed by atoms with E-state index in [1.54, 1.807) is 5.51 Å². The number of nitrogens with zero attached hydrogens (tertiary/aromatic N) is 1. The molecule has 0 atom stereocenters. The summed E-state index contributed by atoms with van der Waals surface area (Å²) in [6, 6.07) is 7.53. The summed E-state index contributed by atoms with van der Waals surface area (Å²) >= 11 is 1.33. The van der Waals surface area contributed by atoms with E-state index >= 15 is 0 Å². The molecule has 4 nitrogen and oxygen atoms in total. The average molecular weight is 286 g/mol. The van der Waals surface area contributed by atoms with E-state index in [-0.39, 0.29) is 12.5 Å². The molecule has 0 bridgehead atoms. The lowest BCUT2D eigenvalue weighted by atomic mass is 10.1. The summed E-state index contributed by atoms with van der Waals surface area (Å²) in [6.45, 7) is 2.03. The Kier molecular flexibility index (Phi) is 4.88. The minimum Gasteiger partial charge on any atom is -0.384 e. The predicted molar refractivity (Wildman–Crippen MR) is 78.4 cm³/mol. The van der Waals surface area contributed by atoms with Crippen molar-refractivity contribution >= 4 is 17.2 Å². The van der Waals surface area contributed by atoms with Gasteiger partial charge in [0.25, 0.3) is 5.91 Å². The normalized spacial score (nSPS) is 9.70. The van der Waals surface area contributed by atoms with Crippen molar-refractivity contribution in [3.8, 4) is 11.8 Å². The third kappa shape index (κ3) is 3.44. The molecular weight excluding hydrogens is 272 g/mol. The number of carbonyl (C=O) groups excluding carboxylic acids is 1. The second kappa shape index (κ2) is 6.85. The SMILES string of the molecule is Cc1ncsc1C(=O)NCc1ccccc1C#CCO. The summed E-state index contributed by atoms with van der Waals surface area (Å²) in [5.74, 6) is 5.36. The molecule has 1 heterocycles. The maximum atomic E-state index is 12.0. The molecule has 0 aliphatic rings. The quantitative estimate of drug-likeness (QED) is 0.845. The third-order valence-corrected chi connectivity index (χ3v) is 3.64. The number of aromatic nitrogens is 1. The Morgan fingerprint density at radius 2 is 2.25 bits per heavy atom. The second-order valence-corrected chi connectivity index (χ2v) is 4.92. The average Bonchev–Trinajstić information content (AvgIpc) is 2.89. The van der Waals surface area contributed by atoms with Crippen LogP contribution in [0.1, 0.15) is 26.5 Å². The van der Waals surface area contributed by atoms with Gasteiger partial charge in [-0.15, -0.1) is 11.3 Å². The third-order valence-electron chi connectivity index (χ3n) is 2.71. The molecule has 2 N–H and O–H groups in total. The molecule has 2 rings (SSSR count). The van der Waals surface area contributed by atoms with Gasteiger partial charge >= 0.3 is 0 Å². The van der Waals surface area contributed by atoms with Gasteiger partial charge in [0.15, 0.2) is 0 Å². The number of amides is 1. The molecule has 1 aromatic carbocycles. The molecule has 0 aliphatic heterocycles. The molecule has 1 amide bonds. The van der Waals surface area contributed by atoms with Crippen LogP contribution in [0.4, 0.5) is 0 Å². The summed E-state index contributed by atoms with van der Waals surface area (Å²) in [7, 11) is 0. The van der Waals surface area contributed by atoms with E-state index < -0.39 is 0 Å². The Labute approximate surface area is 121 Å². The summed E-state index contributed by atoms with van der Waals surface area (Å²) < 4.78 is 0. The highest BCUT2D eigenvalue weighted by molar-refractivity contribution is 7.11. The molecule has 0 aliphatic carbocycles. The van der Waals surface area contributed by atoms with Crippen LogP contribution in [-0.2, 0) is 6.54 Å². The number of benzene rings is 1. The van der Waals surface area contributed by atoms with Crippen LogP contribution < -0.4 is 5.32 Å². The Morgan fingerprint density at radius 1 is 1.45 bits per heavy atom. The zero-order valence-corrected chi connectivity index (χ0v) is 11.8. The van der Waals surface area contributed by atoms with Crippen LogP contribution in [0.15, 0.2) is 29.8 Å². The number of thiazole rings is 1. The Hall–Kier alpha value is -2.16. The smallest absolute Gasteiger partial charge is 0.263 e. The van der Waals surface area contributed by atoms with Crippen molar-refractivity contribution in [1.29, 1.82) is 0 Å². The van der Waals surface area contributed by atoms with E-state index in [1.165, 1.54) is 11.3 Å². The molecule has 0 radical (unpaired) electrons. The molecular formula is C15H14N2O2S. The number of nitrogens with one attached hydrogen (secondary N) is 1. The van der Waals surface area contributed by atoms with Gasteiger partial charge < -0.3 is 10.4 Å². The standard InChI is InChI=1S/C15H14N2O2S/c1-11-14(20-10-17-11)15(19)16-9-13-6-3-2-5-12(13)7-4-8-18/h2-3,5-6,10,18H,8-9H2,1H3,(H,16,19). The summed E-state index contributed by atoms with van der Waals surface area (Å²) in [6.07, 6.45) is 0. The summed E-state index contributed by atoms with van der Waals surface area (Å²) in [5, 5.41) is 11.6. The van der Waals surface area contributed by atoms with E-state index in [2.05, 4.69) is 22.1 Å². The lowest BCUT2D eigenvalue weighted by Gasteiger charge is -2.06. The van der Waals surface area contributed by atoms with E-state index in [1.807, 2.05) is 31.2 Å². The fraction of sp³-hybridized carbons (Fsp3) is 0.200. The monoisotopic (exact) mass is 286 g/mol. The first-order chi connectivity index (χ1) is 9.72. The van der Waals surface area contributed by atoms with E-state index in [9.17, 15) is 4.79 Å². The van der Waals surface area contributed by atoms with Gasteiger partial charge in [-0.25, -0.2) is 4.98 Å². The van der Waals surface area contributed by atoms with Crippen molar-refractivity contribution in [3.05, 3.63) is 51.5 Å². The van der Waals surface area contributed by atoms with Gasteiger partial charge in [-0.2, -0.15) is 0 Å². The lowest BCUT2D eigenvalue weighted by Crippen LogP contribution is -2.23. The summed E-state index contributed by atoms with van der Waals surface area (Å²) in [4.78, 5) is 16.7. The van der Waals surface area contributed by atoms with Crippen molar-refractivity contribution in [3.63, 3.8) is 0 Å². The number of rotatable bonds is 3. The Bertz CT molecular complexity index is 668. The fourth-order valence-electron chi connectivity index (χ4n) is 1.71. The number of aliphatic hydroxyl groups is 1. The molecule has 0 unspecified atom stereocenters. The van der Waals surface area contributed by atoms with E-state index in [4.69, 9.17) is 5.11 Å². The van der Waals surface area contributed by atoms with Gasteiger partial charge in [-0.1, -0.05) is 30.0 Å². The zero-order chi connectivity index (χ0) is 14.4. The van der Waals surface area contributed by atoms with Crippen LogP contribution in [0.2, 0.25) is 0 Å². The molecule has 102 valence electrons. The number of aliphatic hydroxyl groups excluding tert-OH is 1. The number of aryl methyl sites for hydroxylation is 1. The maximum Gasteiger partial charge on any atom is 0.263 e. The highest BCUT2D eigenvalue weighted by Crippen LogP contribution is 2.12. The van der Waals surface area contributed by atoms with Crippen LogP contribution in [-0.4, -0.2) is 22.6 Å². The van der Waals surface area contributed by atoms with E-state index in [0.717, 1.165) is 16.8 Å². The van der Waals surface area contributed by atoms with Crippen LogP contribution in [0.25, 0.3) is 0 Å². The van der Waals surface area contributed by atoms with Gasteiger partial charge in [0.2, 0.25) is 0 Å². The molecule has 0 saturated carbocycles. The fourth-order valence-corrected chi connectivity index (χ4v) is 2.43. The largest absolute Gasteiger partial charge is 0.384 e. The van der Waals surface area contributed by atoms with Crippen molar-refractivity contribution in [2.24, 2.45) is 0 Å². The van der Waals surface area contributed by atoms with Gasteiger partial charge in [-0.05, 0) is 18.6 Å². The minimum absolute atomic E-state index is 0.130. The lowest BCUT2D eigenvalue weighted by molar-refractivity contribution is 0.0954. The van der Waals surface area contributed by atoms with Crippen molar-refractivity contribution in [1.82, 2.24) is 10.3 Å². The van der Waals surface area contributed by atoms with E-state index in [0.29, 0.717) is 11.4 Å². The van der Waals surface area contributed by atoms with Crippen LogP contribution >= 0.6 is 11.3 Å². The van der Waals surface area contributed by atoms with Gasteiger partial charge in [0.05, 0.1) is 11.2 Å². The van der Waals surface area contributed by atoms with Gasteiger partial charge in [0.1, 0.15) is 11.5 Å². The molecule has 0 fully saturated rings. The highest BCUT2D eigenvalue weighted by atomic mass is 32.1. The minimum atomic E-state index is -0.180. The van der Waals surface area contributed by atoms with Gasteiger partial charge in [0, 0.05) is 12.1 Å². The predicted octanol–water partition coefficient (Wildman–Crippen LogP) is 1.73. The highest BCUT2D eigenvalue weighted by Gasteiger charge is 2.11. The van der Waals surface area contributed by atoms with Gasteiger partial charge in [-0.3, -0.25) is 4.79 Å². The number of hydrogen-bond donors (Lipinski definition) is 2. The van der Waals surface area contributed by atoms with Crippen LogP contribution in [0.5, 0.6) is 0 Å². The first kappa shape index (κ1) is 14.3. The van der Waals surface area contributed by atoms with Crippen molar-refractivity contribution in [2.45, 2.75) is 13.5 Å². The number of hydrogen-bond acceptors (Lipinski definition) is 4. The Balaban J connectivity index is 2.08. The first-order valence-corrected chi connectivity index (χ1v) is 6.96. The summed E-state index contributed by atoms with van der Waals surface area (Å²) in [5.41, 5.74) is 4.12. The Morgan fingerprint density at radius 3 is 2.95 bits per heavy atom. The molecule has 1 aromatic heterocycles. The number of carbonyl (C=O) groups is 1. The molecule has 5 heteroatoms. The zero-order valence-electron chi connectivity index (χ0n) is 11.0. The maximum absolute atomic E-state index is 12.0. The molecule has 0 saturated heterocycles.